The summed E-state index contributed by atoms with van der Waals surface area (Å²) in [4.78, 5) is 12.1. The topological polar surface area (TPSA) is 66.4 Å². The average Bonchev–Trinajstić information content (AvgIpc) is 2.43. The third-order valence-corrected chi connectivity index (χ3v) is 3.42. The highest BCUT2D eigenvalue weighted by Crippen LogP contribution is 2.20. The van der Waals surface area contributed by atoms with Crippen molar-refractivity contribution in [3.63, 3.8) is 0 Å². The first-order valence-corrected chi connectivity index (χ1v) is 6.93. The van der Waals surface area contributed by atoms with Crippen LogP contribution in [0.1, 0.15) is 10.4 Å². The molecule has 2 N–H and O–H groups in total. The quantitative estimate of drug-likeness (QED) is 0.854. The molecule has 104 valence electrons. The van der Waals surface area contributed by atoms with Gasteiger partial charge in [0.1, 0.15) is 5.82 Å². The summed E-state index contributed by atoms with van der Waals surface area (Å²) in [7, 11) is 0. The Morgan fingerprint density at radius 1 is 1.25 bits per heavy atom. The molecule has 0 aliphatic rings. The number of carbonyl (C=O) groups is 1. The van der Waals surface area contributed by atoms with E-state index >= 15 is 0 Å². The van der Waals surface area contributed by atoms with E-state index in [1.54, 1.807) is 0 Å². The second kappa shape index (κ2) is 6.13. The van der Waals surface area contributed by atoms with Crippen molar-refractivity contribution < 1.29 is 17.9 Å². The van der Waals surface area contributed by atoms with Gasteiger partial charge in [0.2, 0.25) is 0 Å². The summed E-state index contributed by atoms with van der Waals surface area (Å²) in [6, 6.07) is 9.51. The summed E-state index contributed by atoms with van der Waals surface area (Å²) in [5, 5.41) is 2.42. The lowest BCUT2D eigenvalue weighted by Crippen LogP contribution is -2.12. The Morgan fingerprint density at radius 3 is 2.65 bits per heavy atom. The van der Waals surface area contributed by atoms with Crippen molar-refractivity contribution in [1.29, 1.82) is 0 Å². The fourth-order valence-electron chi connectivity index (χ4n) is 1.52. The molecule has 0 radical (unpaired) electrons. The van der Waals surface area contributed by atoms with Gasteiger partial charge in [-0.15, -0.1) is 0 Å². The van der Waals surface area contributed by atoms with Crippen LogP contribution < -0.4 is 5.32 Å². The van der Waals surface area contributed by atoms with Gasteiger partial charge in [-0.2, -0.15) is 0 Å². The minimum Gasteiger partial charge on any atom is -0.322 e. The van der Waals surface area contributed by atoms with Gasteiger partial charge in [0.15, 0.2) is 11.1 Å². The molecule has 1 amide bonds. The number of anilines is 1. The van der Waals surface area contributed by atoms with Crippen molar-refractivity contribution in [3.8, 4) is 0 Å². The van der Waals surface area contributed by atoms with Crippen molar-refractivity contribution in [1.82, 2.24) is 0 Å². The van der Waals surface area contributed by atoms with E-state index in [-0.39, 0.29) is 15.5 Å². The molecule has 0 saturated carbocycles. The van der Waals surface area contributed by atoms with Gasteiger partial charge in [-0.05, 0) is 36.4 Å². The van der Waals surface area contributed by atoms with E-state index in [1.165, 1.54) is 36.4 Å². The van der Waals surface area contributed by atoms with Crippen molar-refractivity contribution in [2.75, 3.05) is 5.32 Å². The Morgan fingerprint density at radius 2 is 2.00 bits per heavy atom. The predicted octanol–water partition coefficient (Wildman–Crippen LogP) is 3.31. The van der Waals surface area contributed by atoms with Crippen LogP contribution in [0.3, 0.4) is 0 Å². The van der Waals surface area contributed by atoms with E-state index in [9.17, 15) is 13.4 Å². The number of benzene rings is 2. The third-order valence-electron chi connectivity index (χ3n) is 2.48. The first-order valence-electron chi connectivity index (χ1n) is 5.44. The minimum atomic E-state index is -2.16. The molecule has 0 fully saturated rings. The van der Waals surface area contributed by atoms with Crippen LogP contribution in [0, 0.1) is 5.82 Å². The maximum atomic E-state index is 13.0. The molecule has 2 aromatic rings. The first kappa shape index (κ1) is 14.6. The van der Waals surface area contributed by atoms with Crippen LogP contribution in [-0.4, -0.2) is 14.7 Å². The average molecular weight is 314 g/mol. The number of carbonyl (C=O) groups excluding carboxylic acids is 1. The van der Waals surface area contributed by atoms with E-state index < -0.39 is 22.8 Å². The van der Waals surface area contributed by atoms with Gasteiger partial charge in [0, 0.05) is 11.3 Å². The van der Waals surface area contributed by atoms with Crippen LogP contribution in [0.5, 0.6) is 0 Å². The summed E-state index contributed by atoms with van der Waals surface area (Å²) in [5.41, 5.74) is 0.544. The molecule has 7 heteroatoms. The fourth-order valence-corrected chi connectivity index (χ4v) is 2.13. The van der Waals surface area contributed by atoms with Gasteiger partial charge in [-0.25, -0.2) is 8.60 Å². The summed E-state index contributed by atoms with van der Waals surface area (Å²) in [6.45, 7) is 0. The van der Waals surface area contributed by atoms with Crippen LogP contribution in [-0.2, 0) is 11.1 Å². The molecular weight excluding hydrogens is 305 g/mol. The normalized spacial score (nSPS) is 11.9. The summed E-state index contributed by atoms with van der Waals surface area (Å²) in [5.74, 6) is -1.07. The summed E-state index contributed by atoms with van der Waals surface area (Å²) in [6.07, 6.45) is 0. The highest BCUT2D eigenvalue weighted by Gasteiger charge is 2.10. The zero-order chi connectivity index (χ0) is 14.7. The highest BCUT2D eigenvalue weighted by molar-refractivity contribution is 7.79. The second-order valence-corrected chi connectivity index (χ2v) is 5.24. The molecule has 20 heavy (non-hydrogen) atoms. The van der Waals surface area contributed by atoms with Gasteiger partial charge < -0.3 is 9.87 Å². The number of rotatable bonds is 3. The Labute approximate surface area is 121 Å². The first-order chi connectivity index (χ1) is 9.47. The molecular formula is C13H9ClFNO3S. The maximum absolute atomic E-state index is 13.0. The van der Waals surface area contributed by atoms with Gasteiger partial charge in [-0.1, -0.05) is 17.7 Å². The molecule has 2 aromatic carbocycles. The zero-order valence-corrected chi connectivity index (χ0v) is 11.5. The lowest BCUT2D eigenvalue weighted by atomic mass is 10.2. The van der Waals surface area contributed by atoms with Crippen molar-refractivity contribution >= 4 is 34.3 Å². The molecule has 0 bridgehead atoms. The second-order valence-electron chi connectivity index (χ2n) is 3.86. The van der Waals surface area contributed by atoms with E-state index in [2.05, 4.69) is 5.32 Å². The Hall–Kier alpha value is -1.76. The standard InChI is InChI=1S/C13H9ClFNO3S/c14-11-7-9(4-5-12(11)15)16-13(17)8-2-1-3-10(6-8)20(18)19/h1-7H,(H,16,17)(H,18,19). The van der Waals surface area contributed by atoms with E-state index in [4.69, 9.17) is 16.2 Å². The maximum Gasteiger partial charge on any atom is 0.255 e. The molecule has 0 aromatic heterocycles. The van der Waals surface area contributed by atoms with Gasteiger partial charge in [0.25, 0.3) is 5.91 Å². The largest absolute Gasteiger partial charge is 0.322 e. The van der Waals surface area contributed by atoms with Crippen LogP contribution in [0.25, 0.3) is 0 Å². The molecule has 0 aliphatic heterocycles. The van der Waals surface area contributed by atoms with Gasteiger partial charge >= 0.3 is 0 Å². The number of amides is 1. The number of nitrogens with one attached hydrogen (secondary N) is 1. The monoisotopic (exact) mass is 313 g/mol. The van der Waals surface area contributed by atoms with Crippen LogP contribution in [0.4, 0.5) is 10.1 Å². The molecule has 1 atom stereocenters. The molecule has 2 rings (SSSR count). The molecule has 1 unspecified atom stereocenters. The van der Waals surface area contributed by atoms with Crippen LogP contribution >= 0.6 is 11.6 Å². The molecule has 4 nitrogen and oxygen atoms in total. The Bertz CT molecular complexity index is 693. The summed E-state index contributed by atoms with van der Waals surface area (Å²) >= 11 is 3.45. The Balaban J connectivity index is 2.21. The number of halogens is 2. The smallest absolute Gasteiger partial charge is 0.255 e. The summed E-state index contributed by atoms with van der Waals surface area (Å²) < 4.78 is 32.9. The van der Waals surface area contributed by atoms with Crippen molar-refractivity contribution in [2.45, 2.75) is 4.90 Å². The molecule has 0 aliphatic carbocycles. The molecule has 0 heterocycles. The SMILES string of the molecule is O=C(Nc1ccc(F)c(Cl)c1)c1cccc(S(=O)O)c1. The van der Waals surface area contributed by atoms with E-state index in [1.807, 2.05) is 0 Å². The number of hydrogen-bond acceptors (Lipinski definition) is 2. The highest BCUT2D eigenvalue weighted by atomic mass is 35.5. The van der Waals surface area contributed by atoms with Crippen LogP contribution in [0.15, 0.2) is 47.4 Å². The Kier molecular flexibility index (Phi) is 4.49. The van der Waals surface area contributed by atoms with Crippen LogP contribution in [0.2, 0.25) is 5.02 Å². The van der Waals surface area contributed by atoms with Crippen molar-refractivity contribution in [2.24, 2.45) is 0 Å². The molecule has 0 saturated heterocycles. The third kappa shape index (κ3) is 3.41. The fraction of sp³-hybridized carbons (Fsp3) is 0. The van der Waals surface area contributed by atoms with E-state index in [0.717, 1.165) is 6.07 Å². The molecule has 0 spiro atoms. The lowest BCUT2D eigenvalue weighted by molar-refractivity contribution is 0.102. The van der Waals surface area contributed by atoms with E-state index in [0.29, 0.717) is 5.69 Å². The van der Waals surface area contributed by atoms with Crippen molar-refractivity contribution in [3.05, 3.63) is 58.9 Å². The van der Waals surface area contributed by atoms with Gasteiger partial charge in [-0.3, -0.25) is 4.79 Å². The minimum absolute atomic E-state index is 0.104. The van der Waals surface area contributed by atoms with Gasteiger partial charge in [0.05, 0.1) is 9.92 Å². The predicted molar refractivity (Wildman–Crippen MR) is 74.8 cm³/mol. The number of hydrogen-bond donors (Lipinski definition) is 2. The lowest BCUT2D eigenvalue weighted by Gasteiger charge is -2.06. The zero-order valence-electron chi connectivity index (χ0n) is 9.97.